The summed E-state index contributed by atoms with van der Waals surface area (Å²) in [5.74, 6) is 0. The summed E-state index contributed by atoms with van der Waals surface area (Å²) in [6, 6.07) is 25.0. The molecule has 3 aromatic carbocycles. The summed E-state index contributed by atoms with van der Waals surface area (Å²) in [5, 5.41) is 11.4. The summed E-state index contributed by atoms with van der Waals surface area (Å²) < 4.78 is 27.7. The highest BCUT2D eigenvalue weighted by molar-refractivity contribution is 7.62. The van der Waals surface area contributed by atoms with Crippen LogP contribution < -0.4 is 5.44 Å². The molecule has 4 rings (SSSR count). The predicted molar refractivity (Wildman–Crippen MR) is 133 cm³/mol. The lowest BCUT2D eigenvalue weighted by Gasteiger charge is -2.21. The number of hydrogen-bond acceptors (Lipinski definition) is 4. The van der Waals surface area contributed by atoms with E-state index in [1.165, 1.54) is 0 Å². The van der Waals surface area contributed by atoms with E-state index in [0.717, 1.165) is 27.7 Å². The van der Waals surface area contributed by atoms with Gasteiger partial charge >= 0.3 is 7.60 Å². The Balaban J connectivity index is 2.10. The highest BCUT2D eigenvalue weighted by atomic mass is 35.5. The molecule has 0 aliphatic carbocycles. The van der Waals surface area contributed by atoms with Gasteiger partial charge in [-0.2, -0.15) is 5.26 Å². The Morgan fingerprint density at radius 1 is 0.939 bits per heavy atom. The average Bonchev–Trinajstić information content (AvgIpc) is 3.14. The molecule has 0 radical (unpaired) electrons. The number of halogens is 1. The topological polar surface area (TPSA) is 64.2 Å². The van der Waals surface area contributed by atoms with Crippen molar-refractivity contribution < 1.29 is 13.6 Å². The molecule has 5 nitrogen and oxygen atoms in total. The van der Waals surface area contributed by atoms with Crippen LogP contribution in [-0.4, -0.2) is 17.8 Å². The standard InChI is InChI=1S/C26H24ClN2O3P/c1-3-31-33(30,32-4-2)26-24-17-21(27)12-15-23(24)25(16-19-8-6-5-7-9-19)29(26)22-13-10-20(18-28)11-14-22/h5-15,17H,3-4,16H2,1-2H3. The number of rotatable bonds is 8. The van der Waals surface area contributed by atoms with Gasteiger partial charge in [-0.05, 0) is 55.8 Å². The number of nitrogens with zero attached hydrogens (tertiary/aromatic N) is 2. The van der Waals surface area contributed by atoms with Crippen LogP contribution in [0.1, 0.15) is 30.7 Å². The molecule has 0 bridgehead atoms. The van der Waals surface area contributed by atoms with Crippen LogP contribution in [-0.2, 0) is 20.0 Å². The molecular weight excluding hydrogens is 455 g/mol. The molecule has 0 saturated carbocycles. The molecule has 0 saturated heterocycles. The molecule has 33 heavy (non-hydrogen) atoms. The second-order valence-corrected chi connectivity index (χ2v) is 9.82. The summed E-state index contributed by atoms with van der Waals surface area (Å²) in [6.45, 7) is 4.04. The summed E-state index contributed by atoms with van der Waals surface area (Å²) >= 11 is 6.39. The molecule has 0 aliphatic rings. The second kappa shape index (κ2) is 9.95. The first-order valence-corrected chi connectivity index (χ1v) is 12.7. The Morgan fingerprint density at radius 2 is 1.61 bits per heavy atom. The zero-order chi connectivity index (χ0) is 23.4. The molecule has 0 fully saturated rings. The van der Waals surface area contributed by atoms with E-state index in [-0.39, 0.29) is 13.2 Å². The zero-order valence-corrected chi connectivity index (χ0v) is 20.1. The van der Waals surface area contributed by atoms with Crippen molar-refractivity contribution in [1.29, 1.82) is 5.26 Å². The molecule has 1 heterocycles. The lowest BCUT2D eigenvalue weighted by molar-refractivity contribution is 0.229. The highest BCUT2D eigenvalue weighted by Crippen LogP contribution is 2.50. The number of nitriles is 1. The van der Waals surface area contributed by atoms with Crippen LogP contribution in [0.4, 0.5) is 0 Å². The molecule has 0 atom stereocenters. The van der Waals surface area contributed by atoms with Gasteiger partial charge < -0.3 is 13.6 Å². The quantitative estimate of drug-likeness (QED) is 0.266. The smallest absolute Gasteiger partial charge is 0.306 e. The third-order valence-corrected chi connectivity index (χ3v) is 7.73. The molecule has 0 aliphatic heterocycles. The monoisotopic (exact) mass is 478 g/mol. The van der Waals surface area contributed by atoms with E-state index in [1.807, 2.05) is 53.1 Å². The fourth-order valence-corrected chi connectivity index (χ4v) is 6.15. The molecule has 7 heteroatoms. The maximum Gasteiger partial charge on any atom is 0.378 e. The Labute approximate surface area is 198 Å². The minimum Gasteiger partial charge on any atom is -0.306 e. The van der Waals surface area contributed by atoms with E-state index in [1.54, 1.807) is 26.0 Å². The van der Waals surface area contributed by atoms with E-state index in [9.17, 15) is 9.83 Å². The molecule has 0 amide bonds. The third kappa shape index (κ3) is 4.62. The first-order valence-electron chi connectivity index (χ1n) is 10.8. The first kappa shape index (κ1) is 23.3. The van der Waals surface area contributed by atoms with Crippen molar-refractivity contribution in [3.63, 3.8) is 0 Å². The molecule has 4 aromatic rings. The van der Waals surface area contributed by atoms with Crippen LogP contribution in [0.2, 0.25) is 5.02 Å². The van der Waals surface area contributed by atoms with Crippen LogP contribution in [0.25, 0.3) is 16.5 Å². The van der Waals surface area contributed by atoms with Gasteiger partial charge in [0.2, 0.25) is 0 Å². The predicted octanol–water partition coefficient (Wildman–Crippen LogP) is 6.64. The van der Waals surface area contributed by atoms with E-state index in [4.69, 9.17) is 20.6 Å². The van der Waals surface area contributed by atoms with Crippen molar-refractivity contribution in [2.45, 2.75) is 20.3 Å². The van der Waals surface area contributed by atoms with E-state index >= 15 is 0 Å². The van der Waals surface area contributed by atoms with E-state index < -0.39 is 7.60 Å². The van der Waals surface area contributed by atoms with Crippen molar-refractivity contribution in [3.8, 4) is 11.8 Å². The fraction of sp³-hybridized carbons (Fsp3) is 0.192. The van der Waals surface area contributed by atoms with Gasteiger partial charge in [0.15, 0.2) is 0 Å². The van der Waals surface area contributed by atoms with Gasteiger partial charge in [0.05, 0.1) is 24.8 Å². The second-order valence-electron chi connectivity index (χ2n) is 7.45. The third-order valence-electron chi connectivity index (χ3n) is 5.34. The number of hydrogen-bond donors (Lipinski definition) is 0. The van der Waals surface area contributed by atoms with Gasteiger partial charge in [-0.3, -0.25) is 4.57 Å². The molecule has 0 spiro atoms. The molecule has 0 N–H and O–H groups in total. The Hall–Kier alpha value is -2.87. The van der Waals surface area contributed by atoms with Gasteiger partial charge in [-0.1, -0.05) is 48.0 Å². The van der Waals surface area contributed by atoms with E-state index in [2.05, 4.69) is 18.2 Å². The van der Waals surface area contributed by atoms with Gasteiger partial charge in [0.25, 0.3) is 0 Å². The first-order chi connectivity index (χ1) is 16.0. The van der Waals surface area contributed by atoms with E-state index in [0.29, 0.717) is 22.4 Å². The van der Waals surface area contributed by atoms with Gasteiger partial charge in [-0.15, -0.1) is 0 Å². The normalized spacial score (nSPS) is 11.6. The Morgan fingerprint density at radius 3 is 2.21 bits per heavy atom. The molecular formula is C26H24ClN2O3P. The number of aromatic nitrogens is 1. The Bertz CT molecular complexity index is 1350. The lowest BCUT2D eigenvalue weighted by Crippen LogP contribution is -2.21. The van der Waals surface area contributed by atoms with Crippen molar-refractivity contribution in [1.82, 2.24) is 4.57 Å². The fourth-order valence-electron chi connectivity index (χ4n) is 4.02. The lowest BCUT2D eigenvalue weighted by atomic mass is 10.1. The van der Waals surface area contributed by atoms with Crippen molar-refractivity contribution in [2.24, 2.45) is 0 Å². The van der Waals surface area contributed by atoms with Gasteiger partial charge in [0, 0.05) is 33.6 Å². The summed E-state index contributed by atoms with van der Waals surface area (Å²) in [6.07, 6.45) is 0.594. The van der Waals surface area contributed by atoms with Crippen LogP contribution in [0.15, 0.2) is 72.8 Å². The molecule has 0 unspecified atom stereocenters. The summed E-state index contributed by atoms with van der Waals surface area (Å²) in [7, 11) is -3.70. The summed E-state index contributed by atoms with van der Waals surface area (Å²) in [4.78, 5) is 0. The van der Waals surface area contributed by atoms with Crippen molar-refractivity contribution in [3.05, 3.63) is 94.6 Å². The van der Waals surface area contributed by atoms with Gasteiger partial charge in [-0.25, -0.2) is 0 Å². The largest absolute Gasteiger partial charge is 0.378 e. The van der Waals surface area contributed by atoms with Crippen molar-refractivity contribution >= 4 is 35.4 Å². The SMILES string of the molecule is CCOP(=O)(OCC)c1c2cc(Cl)ccc2c(Cc2ccccc2)n1-c1ccc(C#N)cc1. The average molecular weight is 479 g/mol. The minimum atomic E-state index is -3.70. The van der Waals surface area contributed by atoms with Crippen LogP contribution in [0, 0.1) is 11.3 Å². The van der Waals surface area contributed by atoms with Crippen LogP contribution in [0.5, 0.6) is 0 Å². The summed E-state index contributed by atoms with van der Waals surface area (Å²) in [5.41, 5.74) is 3.80. The zero-order valence-electron chi connectivity index (χ0n) is 18.5. The maximum atomic E-state index is 14.2. The van der Waals surface area contributed by atoms with Gasteiger partial charge in [0.1, 0.15) is 5.44 Å². The highest BCUT2D eigenvalue weighted by Gasteiger charge is 2.36. The van der Waals surface area contributed by atoms with Crippen LogP contribution in [0.3, 0.4) is 0 Å². The van der Waals surface area contributed by atoms with Crippen molar-refractivity contribution in [2.75, 3.05) is 13.2 Å². The Kier molecular flexibility index (Phi) is 7.02. The minimum absolute atomic E-state index is 0.228. The maximum absolute atomic E-state index is 14.2. The molecule has 168 valence electrons. The molecule has 1 aromatic heterocycles. The van der Waals surface area contributed by atoms with Crippen LogP contribution >= 0.6 is 19.2 Å². The number of fused-ring (bicyclic) bond motifs is 1. The number of benzene rings is 3.